The van der Waals surface area contributed by atoms with Crippen molar-refractivity contribution in [3.05, 3.63) is 0 Å². The van der Waals surface area contributed by atoms with Gasteiger partial charge in [0.05, 0.1) is 6.04 Å². The van der Waals surface area contributed by atoms with Crippen LogP contribution in [0.15, 0.2) is 0 Å². The number of hydrogen-bond donors (Lipinski definition) is 0. The number of carbonyl (C=O) groups is 1. The highest BCUT2D eigenvalue weighted by molar-refractivity contribution is 5.70. The first-order chi connectivity index (χ1) is 5.16. The summed E-state index contributed by atoms with van der Waals surface area (Å²) in [4.78, 5) is 12.9. The summed E-state index contributed by atoms with van der Waals surface area (Å²) in [5, 5.41) is 0. The van der Waals surface area contributed by atoms with Gasteiger partial charge in [-0.25, -0.2) is 4.79 Å². The van der Waals surface area contributed by atoms with Gasteiger partial charge in [0.25, 0.3) is 0 Å². The molecule has 0 spiro atoms. The third-order valence-electron chi connectivity index (χ3n) is 2.16. The second-order valence-corrected chi connectivity index (χ2v) is 3.02. The molecule has 0 bridgehead atoms. The van der Waals surface area contributed by atoms with Crippen LogP contribution in [0.4, 0.5) is 4.79 Å². The van der Waals surface area contributed by atoms with Gasteiger partial charge >= 0.3 is 6.09 Å². The molecule has 1 saturated heterocycles. The van der Waals surface area contributed by atoms with Crippen LogP contribution in [0.5, 0.6) is 0 Å². The van der Waals surface area contributed by atoms with E-state index in [1.807, 2.05) is 13.8 Å². The molecule has 0 N–H and O–H groups in total. The van der Waals surface area contributed by atoms with Gasteiger partial charge in [-0.3, -0.25) is 0 Å². The predicted octanol–water partition coefficient (Wildman–Crippen LogP) is 1.63. The van der Waals surface area contributed by atoms with Gasteiger partial charge in [0.1, 0.15) is 6.10 Å². The van der Waals surface area contributed by atoms with Crippen molar-refractivity contribution in [3.63, 3.8) is 0 Å². The third kappa shape index (κ3) is 1.47. The molecule has 1 amide bonds. The molecule has 0 aromatic heterocycles. The second kappa shape index (κ2) is 3.11. The fourth-order valence-electron chi connectivity index (χ4n) is 1.28. The molecule has 2 unspecified atom stereocenters. The highest BCUT2D eigenvalue weighted by Crippen LogP contribution is 2.18. The average molecular weight is 157 g/mol. The van der Waals surface area contributed by atoms with E-state index in [4.69, 9.17) is 4.74 Å². The Kier molecular flexibility index (Phi) is 2.37. The monoisotopic (exact) mass is 157 g/mol. The standard InChI is InChI=1S/C8H15NO2/c1-4-5-9-6(2)7(3)11-8(9)10/h6-7H,4-5H2,1-3H3. The molecular weight excluding hydrogens is 142 g/mol. The first-order valence-electron chi connectivity index (χ1n) is 4.14. The van der Waals surface area contributed by atoms with Gasteiger partial charge in [-0.2, -0.15) is 0 Å². The zero-order valence-corrected chi connectivity index (χ0v) is 7.33. The van der Waals surface area contributed by atoms with Crippen molar-refractivity contribution in [2.45, 2.75) is 39.3 Å². The van der Waals surface area contributed by atoms with Crippen LogP contribution in [-0.4, -0.2) is 29.7 Å². The highest BCUT2D eigenvalue weighted by atomic mass is 16.6. The van der Waals surface area contributed by atoms with Gasteiger partial charge in [-0.15, -0.1) is 0 Å². The minimum absolute atomic E-state index is 0.0500. The highest BCUT2D eigenvalue weighted by Gasteiger charge is 2.34. The normalized spacial score (nSPS) is 30.8. The molecule has 1 aliphatic rings. The third-order valence-corrected chi connectivity index (χ3v) is 2.16. The zero-order chi connectivity index (χ0) is 8.43. The summed E-state index contributed by atoms with van der Waals surface area (Å²) in [7, 11) is 0. The van der Waals surface area contributed by atoms with E-state index in [0.717, 1.165) is 13.0 Å². The summed E-state index contributed by atoms with van der Waals surface area (Å²) in [6.45, 7) is 6.82. The molecule has 0 aromatic carbocycles. The predicted molar refractivity (Wildman–Crippen MR) is 42.4 cm³/mol. The van der Waals surface area contributed by atoms with E-state index in [-0.39, 0.29) is 18.2 Å². The van der Waals surface area contributed by atoms with Crippen molar-refractivity contribution in [1.29, 1.82) is 0 Å². The molecule has 0 aromatic rings. The van der Waals surface area contributed by atoms with Crippen LogP contribution in [0.1, 0.15) is 27.2 Å². The van der Waals surface area contributed by atoms with E-state index in [1.165, 1.54) is 0 Å². The molecule has 2 atom stereocenters. The summed E-state index contributed by atoms with van der Waals surface area (Å²) in [5.74, 6) is 0. The lowest BCUT2D eigenvalue weighted by Crippen LogP contribution is -2.33. The molecule has 3 nitrogen and oxygen atoms in total. The van der Waals surface area contributed by atoms with E-state index in [1.54, 1.807) is 4.90 Å². The lowest BCUT2D eigenvalue weighted by Gasteiger charge is -2.17. The number of rotatable bonds is 2. The Labute approximate surface area is 67.3 Å². The van der Waals surface area contributed by atoms with Crippen LogP contribution in [0.2, 0.25) is 0 Å². The molecule has 1 heterocycles. The van der Waals surface area contributed by atoms with Crippen LogP contribution >= 0.6 is 0 Å². The minimum atomic E-state index is -0.160. The maximum atomic E-state index is 11.1. The van der Waals surface area contributed by atoms with Crippen LogP contribution in [0, 0.1) is 0 Å². The van der Waals surface area contributed by atoms with Crippen molar-refractivity contribution < 1.29 is 9.53 Å². The lowest BCUT2D eigenvalue weighted by molar-refractivity contribution is 0.137. The fourth-order valence-corrected chi connectivity index (χ4v) is 1.28. The van der Waals surface area contributed by atoms with Gasteiger partial charge in [-0.05, 0) is 20.3 Å². The van der Waals surface area contributed by atoms with E-state index in [0.29, 0.717) is 0 Å². The van der Waals surface area contributed by atoms with Gasteiger partial charge in [-0.1, -0.05) is 6.92 Å². The Balaban J connectivity index is 2.56. The van der Waals surface area contributed by atoms with Gasteiger partial charge in [0, 0.05) is 6.54 Å². The van der Waals surface area contributed by atoms with Crippen LogP contribution in [0.25, 0.3) is 0 Å². The summed E-state index contributed by atoms with van der Waals surface area (Å²) >= 11 is 0. The molecule has 11 heavy (non-hydrogen) atoms. The summed E-state index contributed by atoms with van der Waals surface area (Å²) in [5.41, 5.74) is 0. The average Bonchev–Trinajstić information content (AvgIpc) is 2.17. The summed E-state index contributed by atoms with van der Waals surface area (Å²) < 4.78 is 5.03. The number of amides is 1. The smallest absolute Gasteiger partial charge is 0.410 e. The Hall–Kier alpha value is -0.730. The summed E-state index contributed by atoms with van der Waals surface area (Å²) in [6, 6.07) is 0.238. The maximum absolute atomic E-state index is 11.1. The SMILES string of the molecule is CCCN1C(=O)OC(C)C1C. The molecule has 1 rings (SSSR count). The number of carbonyl (C=O) groups excluding carboxylic acids is 1. The fraction of sp³-hybridized carbons (Fsp3) is 0.875. The van der Waals surface area contributed by atoms with E-state index in [9.17, 15) is 4.79 Å². The largest absolute Gasteiger partial charge is 0.444 e. The Morgan fingerprint density at radius 1 is 1.55 bits per heavy atom. The topological polar surface area (TPSA) is 29.5 Å². The van der Waals surface area contributed by atoms with Crippen LogP contribution < -0.4 is 0 Å². The quantitative estimate of drug-likeness (QED) is 0.609. The number of nitrogens with zero attached hydrogens (tertiary/aromatic N) is 1. The summed E-state index contributed by atoms with van der Waals surface area (Å²) in [6.07, 6.45) is 0.882. The number of cyclic esters (lactones) is 1. The van der Waals surface area contributed by atoms with E-state index in [2.05, 4.69) is 6.92 Å². The van der Waals surface area contributed by atoms with E-state index >= 15 is 0 Å². The molecule has 0 saturated carbocycles. The van der Waals surface area contributed by atoms with Crippen LogP contribution in [0.3, 0.4) is 0 Å². The molecular formula is C8H15NO2. The minimum Gasteiger partial charge on any atom is -0.444 e. The first-order valence-corrected chi connectivity index (χ1v) is 4.14. The van der Waals surface area contributed by atoms with Gasteiger partial charge in [0.2, 0.25) is 0 Å². The lowest BCUT2D eigenvalue weighted by atomic mass is 10.2. The molecule has 1 aliphatic heterocycles. The van der Waals surface area contributed by atoms with Crippen molar-refractivity contribution in [2.24, 2.45) is 0 Å². The van der Waals surface area contributed by atoms with E-state index < -0.39 is 0 Å². The molecule has 0 radical (unpaired) electrons. The van der Waals surface area contributed by atoms with Crippen molar-refractivity contribution >= 4 is 6.09 Å². The molecule has 64 valence electrons. The van der Waals surface area contributed by atoms with Crippen molar-refractivity contribution in [1.82, 2.24) is 4.90 Å². The Morgan fingerprint density at radius 2 is 2.18 bits per heavy atom. The first kappa shape index (κ1) is 8.37. The van der Waals surface area contributed by atoms with Gasteiger partial charge < -0.3 is 9.64 Å². The molecule has 1 fully saturated rings. The van der Waals surface area contributed by atoms with Gasteiger partial charge in [0.15, 0.2) is 0 Å². The molecule has 0 aliphatic carbocycles. The zero-order valence-electron chi connectivity index (χ0n) is 7.33. The van der Waals surface area contributed by atoms with Crippen molar-refractivity contribution in [2.75, 3.05) is 6.54 Å². The van der Waals surface area contributed by atoms with Crippen LogP contribution in [-0.2, 0) is 4.74 Å². The Morgan fingerprint density at radius 3 is 2.55 bits per heavy atom. The molecule has 3 heteroatoms. The number of hydrogen-bond acceptors (Lipinski definition) is 2. The maximum Gasteiger partial charge on any atom is 0.410 e. The second-order valence-electron chi connectivity index (χ2n) is 3.02. The Bertz CT molecular complexity index is 158. The number of ether oxygens (including phenoxy) is 1. The van der Waals surface area contributed by atoms with Crippen molar-refractivity contribution in [3.8, 4) is 0 Å².